The monoisotopic (exact) mass is 276 g/mol. The Bertz CT molecular complexity index is 470. The number of aliphatic carboxylic acids is 1. The number of hydrogen-bond donors (Lipinski definition) is 1. The van der Waals surface area contributed by atoms with Crippen LogP contribution < -0.4 is 0 Å². The molecule has 0 atom stereocenters. The lowest BCUT2D eigenvalue weighted by Gasteiger charge is -2.20. The molecule has 0 spiro atoms. The third kappa shape index (κ3) is 7.26. The zero-order valence-electron chi connectivity index (χ0n) is 11.6. The first-order valence-electron chi connectivity index (χ1n) is 6.21. The van der Waals surface area contributed by atoms with Gasteiger partial charge in [0.25, 0.3) is 0 Å². The maximum absolute atomic E-state index is 10.6. The van der Waals surface area contributed by atoms with Crippen molar-refractivity contribution in [1.29, 1.82) is 0 Å². The van der Waals surface area contributed by atoms with Crippen molar-refractivity contribution < 1.29 is 14.3 Å². The maximum Gasteiger partial charge on any atom is 0.307 e. The minimum atomic E-state index is -1.74. The Labute approximate surface area is 115 Å². The van der Waals surface area contributed by atoms with Gasteiger partial charge in [-0.2, -0.15) is 0 Å². The van der Waals surface area contributed by atoms with Crippen molar-refractivity contribution in [2.75, 3.05) is 0 Å². The Morgan fingerprint density at radius 2 is 1.89 bits per heavy atom. The molecule has 1 aromatic rings. The van der Waals surface area contributed by atoms with Gasteiger partial charge in [-0.1, -0.05) is 36.4 Å². The van der Waals surface area contributed by atoms with Crippen molar-refractivity contribution in [3.05, 3.63) is 53.8 Å². The quantitative estimate of drug-likeness (QED) is 0.487. The second kappa shape index (κ2) is 6.94. The van der Waals surface area contributed by atoms with Crippen molar-refractivity contribution in [3.8, 4) is 0 Å². The van der Waals surface area contributed by atoms with Crippen LogP contribution in [-0.4, -0.2) is 19.4 Å². The summed E-state index contributed by atoms with van der Waals surface area (Å²) in [6.45, 7) is 6.20. The van der Waals surface area contributed by atoms with Gasteiger partial charge in [-0.3, -0.25) is 4.79 Å². The van der Waals surface area contributed by atoms with E-state index in [1.165, 1.54) is 0 Å². The Morgan fingerprint density at radius 3 is 2.42 bits per heavy atom. The van der Waals surface area contributed by atoms with Gasteiger partial charge in [-0.25, -0.2) is 0 Å². The van der Waals surface area contributed by atoms with Gasteiger partial charge in [0.1, 0.15) is 0 Å². The van der Waals surface area contributed by atoms with Crippen LogP contribution in [-0.2, 0) is 9.22 Å². The summed E-state index contributed by atoms with van der Waals surface area (Å²) in [5.74, 6) is -0.227. The van der Waals surface area contributed by atoms with E-state index in [2.05, 4.69) is 19.6 Å². The van der Waals surface area contributed by atoms with Crippen LogP contribution in [0.25, 0.3) is 6.08 Å². The molecule has 0 fully saturated rings. The van der Waals surface area contributed by atoms with E-state index in [1.807, 2.05) is 42.5 Å². The predicted octanol–water partition coefficient (Wildman–Crippen LogP) is 3.91. The molecule has 0 saturated heterocycles. The van der Waals surface area contributed by atoms with Crippen LogP contribution in [0.3, 0.4) is 0 Å². The molecule has 0 heterocycles. The van der Waals surface area contributed by atoms with Gasteiger partial charge >= 0.3 is 5.97 Å². The fourth-order valence-electron chi connectivity index (χ4n) is 1.43. The highest BCUT2D eigenvalue weighted by Gasteiger charge is 2.16. The van der Waals surface area contributed by atoms with Gasteiger partial charge in [0.05, 0.1) is 12.2 Å². The van der Waals surface area contributed by atoms with Crippen molar-refractivity contribution in [2.45, 2.75) is 26.1 Å². The van der Waals surface area contributed by atoms with Crippen molar-refractivity contribution in [3.63, 3.8) is 0 Å². The molecular weight excluding hydrogens is 256 g/mol. The lowest BCUT2D eigenvalue weighted by Crippen LogP contribution is -2.24. The molecule has 1 rings (SSSR count). The molecule has 0 unspecified atom stereocenters. The molecular formula is C15H20O3Si. The van der Waals surface area contributed by atoms with E-state index < -0.39 is 14.3 Å². The van der Waals surface area contributed by atoms with Gasteiger partial charge in [-0.15, -0.1) is 0 Å². The van der Waals surface area contributed by atoms with E-state index in [9.17, 15) is 4.79 Å². The first-order chi connectivity index (χ1) is 8.87. The first-order valence-corrected chi connectivity index (χ1v) is 9.62. The first kappa shape index (κ1) is 15.2. The van der Waals surface area contributed by atoms with E-state index in [-0.39, 0.29) is 6.42 Å². The molecule has 3 nitrogen and oxygen atoms in total. The number of carboxylic acids is 1. The Kier molecular flexibility index (Phi) is 5.57. The van der Waals surface area contributed by atoms with Gasteiger partial charge in [0, 0.05) is 0 Å². The van der Waals surface area contributed by atoms with Gasteiger partial charge in [-0.05, 0) is 37.4 Å². The molecule has 0 aliphatic heterocycles. The third-order valence-corrected chi connectivity index (χ3v) is 2.99. The zero-order valence-corrected chi connectivity index (χ0v) is 12.6. The molecule has 1 N–H and O–H groups in total. The summed E-state index contributed by atoms with van der Waals surface area (Å²) in [6, 6.07) is 9.84. The highest BCUT2D eigenvalue weighted by Crippen LogP contribution is 2.14. The van der Waals surface area contributed by atoms with Crippen LogP contribution in [0.1, 0.15) is 12.0 Å². The molecule has 1 aromatic carbocycles. The molecule has 0 radical (unpaired) electrons. The zero-order chi connectivity index (χ0) is 14.3. The van der Waals surface area contributed by atoms with Crippen LogP contribution in [0.5, 0.6) is 0 Å². The summed E-state index contributed by atoms with van der Waals surface area (Å²) in [6.07, 6.45) is 5.34. The standard InChI is InChI=1S/C15H20O3Si/c1-19(2,3)18-14(11-12-15(16)17)10-9-13-7-5-4-6-8-13/h4-11H,12H2,1-3H3,(H,16,17). The lowest BCUT2D eigenvalue weighted by molar-refractivity contribution is -0.136. The van der Waals surface area contributed by atoms with E-state index in [4.69, 9.17) is 9.53 Å². The topological polar surface area (TPSA) is 46.5 Å². The second-order valence-corrected chi connectivity index (χ2v) is 9.59. The molecule has 4 heteroatoms. The number of carboxylic acid groups (broad SMARTS) is 1. The number of carbonyl (C=O) groups is 1. The number of hydrogen-bond acceptors (Lipinski definition) is 2. The molecule has 0 aliphatic carbocycles. The summed E-state index contributed by atoms with van der Waals surface area (Å²) < 4.78 is 5.86. The van der Waals surface area contributed by atoms with Crippen LogP contribution in [0.2, 0.25) is 19.6 Å². The minimum absolute atomic E-state index is 0.0288. The Balaban J connectivity index is 2.82. The molecule has 0 aromatic heterocycles. The van der Waals surface area contributed by atoms with Crippen LogP contribution in [0, 0.1) is 0 Å². The SMILES string of the molecule is C[Si](C)(C)OC(C=Cc1ccccc1)=CCC(=O)O. The number of allylic oxidation sites excluding steroid dienone is 1. The smallest absolute Gasteiger partial charge is 0.307 e. The van der Waals surface area contributed by atoms with Crippen LogP contribution in [0.15, 0.2) is 48.2 Å². The maximum atomic E-state index is 10.6. The Morgan fingerprint density at radius 1 is 1.26 bits per heavy atom. The van der Waals surface area contributed by atoms with Crippen molar-refractivity contribution in [2.24, 2.45) is 0 Å². The molecule has 0 amide bonds. The second-order valence-electron chi connectivity index (χ2n) is 5.16. The average molecular weight is 276 g/mol. The van der Waals surface area contributed by atoms with E-state index in [0.29, 0.717) is 5.76 Å². The number of rotatable bonds is 6. The van der Waals surface area contributed by atoms with Crippen molar-refractivity contribution >= 4 is 20.4 Å². The third-order valence-electron chi connectivity index (χ3n) is 2.14. The van der Waals surface area contributed by atoms with E-state index >= 15 is 0 Å². The fraction of sp³-hybridized carbons (Fsp3) is 0.267. The van der Waals surface area contributed by atoms with Crippen LogP contribution in [0.4, 0.5) is 0 Å². The summed E-state index contributed by atoms with van der Waals surface area (Å²) >= 11 is 0. The lowest BCUT2D eigenvalue weighted by atomic mass is 10.2. The van der Waals surface area contributed by atoms with Gasteiger partial charge in [0.2, 0.25) is 8.32 Å². The average Bonchev–Trinajstić information content (AvgIpc) is 2.32. The summed E-state index contributed by atoms with van der Waals surface area (Å²) in [5.41, 5.74) is 1.06. The van der Waals surface area contributed by atoms with E-state index in [0.717, 1.165) is 5.56 Å². The molecule has 0 aliphatic rings. The van der Waals surface area contributed by atoms with Crippen LogP contribution >= 0.6 is 0 Å². The normalized spacial score (nSPS) is 12.7. The minimum Gasteiger partial charge on any atom is -0.545 e. The highest BCUT2D eigenvalue weighted by molar-refractivity contribution is 6.70. The molecule has 102 valence electrons. The summed E-state index contributed by atoms with van der Waals surface area (Å²) in [5, 5.41) is 8.73. The van der Waals surface area contributed by atoms with Crippen molar-refractivity contribution in [1.82, 2.24) is 0 Å². The molecule has 19 heavy (non-hydrogen) atoms. The predicted molar refractivity (Wildman–Crippen MR) is 80.2 cm³/mol. The summed E-state index contributed by atoms with van der Waals surface area (Å²) in [7, 11) is -1.74. The highest BCUT2D eigenvalue weighted by atomic mass is 28.4. The van der Waals surface area contributed by atoms with Gasteiger partial charge < -0.3 is 9.53 Å². The fourth-order valence-corrected chi connectivity index (χ4v) is 2.29. The molecule has 0 bridgehead atoms. The van der Waals surface area contributed by atoms with Gasteiger partial charge in [0.15, 0.2) is 0 Å². The summed E-state index contributed by atoms with van der Waals surface area (Å²) in [4.78, 5) is 10.6. The largest absolute Gasteiger partial charge is 0.545 e. The Hall–Kier alpha value is -1.81. The van der Waals surface area contributed by atoms with E-state index in [1.54, 1.807) is 6.08 Å². The number of benzene rings is 1. The molecule has 0 saturated carbocycles.